The maximum atomic E-state index is 14.9. The fourth-order valence-corrected chi connectivity index (χ4v) is 6.02. The van der Waals surface area contributed by atoms with E-state index < -0.39 is 53.9 Å². The Labute approximate surface area is 232 Å². The molecule has 0 bridgehead atoms. The first kappa shape index (κ1) is 30.3. The Morgan fingerprint density at radius 1 is 0.775 bits per heavy atom. The van der Waals surface area contributed by atoms with Crippen molar-refractivity contribution in [3.8, 4) is 11.5 Å². The maximum Gasteiger partial charge on any atom is 0.281 e. The zero-order valence-corrected chi connectivity index (χ0v) is 23.1. The molecule has 2 saturated carbocycles. The van der Waals surface area contributed by atoms with Gasteiger partial charge in [0.05, 0.1) is 0 Å². The molecule has 0 atom stereocenters. The van der Waals surface area contributed by atoms with Crippen molar-refractivity contribution in [2.24, 2.45) is 17.8 Å². The number of allylic oxidation sites excluding steroid dienone is 2. The Kier molecular flexibility index (Phi) is 10.1. The van der Waals surface area contributed by atoms with Gasteiger partial charge in [-0.3, -0.25) is 0 Å². The summed E-state index contributed by atoms with van der Waals surface area (Å²) >= 11 is 0. The van der Waals surface area contributed by atoms with Gasteiger partial charge >= 0.3 is 0 Å². The van der Waals surface area contributed by atoms with Crippen molar-refractivity contribution in [1.82, 2.24) is 0 Å². The topological polar surface area (TPSA) is 18.5 Å². The van der Waals surface area contributed by atoms with E-state index in [1.54, 1.807) is 0 Å². The summed E-state index contributed by atoms with van der Waals surface area (Å²) < 4.78 is 98.0. The summed E-state index contributed by atoms with van der Waals surface area (Å²) in [6, 6.07) is 4.95. The lowest BCUT2D eigenvalue weighted by Gasteiger charge is -2.29. The standard InChI is InChI=1S/C32H38F6O2/c1-3-4-21-9-11-23(12-10-21)25-14-13-24(28(33)29(25)34)18-39-26-15-16-27(31(36)30(26)35)40-19-32(37,38)17-22-7-5-20(2)6-8-22/h3-4,13-16,20-23H,5-12,17-19H2,1-2H3/b4-3+. The molecule has 220 valence electrons. The fraction of sp³-hybridized carbons (Fsp3) is 0.562. The van der Waals surface area contributed by atoms with E-state index in [4.69, 9.17) is 9.47 Å². The Morgan fingerprint density at radius 3 is 2.02 bits per heavy atom. The van der Waals surface area contributed by atoms with Crippen LogP contribution in [-0.2, 0) is 6.61 Å². The van der Waals surface area contributed by atoms with Crippen LogP contribution in [0.4, 0.5) is 26.3 Å². The van der Waals surface area contributed by atoms with E-state index in [1.165, 1.54) is 12.1 Å². The van der Waals surface area contributed by atoms with E-state index >= 15 is 0 Å². The molecule has 0 heterocycles. The van der Waals surface area contributed by atoms with E-state index in [9.17, 15) is 26.3 Å². The minimum atomic E-state index is -3.18. The largest absolute Gasteiger partial charge is 0.486 e. The van der Waals surface area contributed by atoms with Gasteiger partial charge in [-0.1, -0.05) is 44.1 Å². The van der Waals surface area contributed by atoms with Gasteiger partial charge in [-0.15, -0.1) is 0 Å². The van der Waals surface area contributed by atoms with E-state index in [-0.39, 0.29) is 23.8 Å². The second-order valence-electron chi connectivity index (χ2n) is 11.5. The van der Waals surface area contributed by atoms with E-state index in [0.717, 1.165) is 63.5 Å². The van der Waals surface area contributed by atoms with Gasteiger partial charge in [0.2, 0.25) is 11.6 Å². The van der Waals surface area contributed by atoms with Crippen molar-refractivity contribution in [2.45, 2.75) is 90.1 Å². The SMILES string of the molecule is C/C=C/C1CCC(c2ccc(COc3ccc(OCC(F)(F)CC4CCC(C)CC4)c(F)c3F)c(F)c2F)CC1. The minimum absolute atomic E-state index is 0.0798. The Hall–Kier alpha value is -2.64. The van der Waals surface area contributed by atoms with Crippen molar-refractivity contribution in [2.75, 3.05) is 6.61 Å². The third kappa shape index (κ3) is 7.55. The van der Waals surface area contributed by atoms with Crippen LogP contribution in [0.25, 0.3) is 0 Å². The molecule has 2 aromatic carbocycles. The second-order valence-corrected chi connectivity index (χ2v) is 11.5. The number of alkyl halides is 2. The quantitative estimate of drug-likeness (QED) is 0.210. The van der Waals surface area contributed by atoms with Crippen LogP contribution in [0.2, 0.25) is 0 Å². The summed E-state index contributed by atoms with van der Waals surface area (Å²) in [5, 5.41) is 0. The van der Waals surface area contributed by atoms with Crippen molar-refractivity contribution in [3.05, 3.63) is 70.8 Å². The van der Waals surface area contributed by atoms with Crippen LogP contribution < -0.4 is 9.47 Å². The first-order valence-electron chi connectivity index (χ1n) is 14.3. The molecular weight excluding hydrogens is 530 g/mol. The summed E-state index contributed by atoms with van der Waals surface area (Å²) in [4.78, 5) is 0. The van der Waals surface area contributed by atoms with Crippen molar-refractivity contribution >= 4 is 0 Å². The molecule has 0 spiro atoms. The molecule has 0 amide bonds. The number of ether oxygens (including phenoxy) is 2. The van der Waals surface area contributed by atoms with Crippen LogP contribution in [0.3, 0.4) is 0 Å². The Morgan fingerprint density at radius 2 is 1.40 bits per heavy atom. The van der Waals surface area contributed by atoms with Crippen LogP contribution >= 0.6 is 0 Å². The van der Waals surface area contributed by atoms with Crippen LogP contribution in [0.5, 0.6) is 11.5 Å². The number of hydrogen-bond donors (Lipinski definition) is 0. The molecule has 2 fully saturated rings. The van der Waals surface area contributed by atoms with Crippen LogP contribution in [-0.4, -0.2) is 12.5 Å². The van der Waals surface area contributed by atoms with Crippen molar-refractivity contribution < 1.29 is 35.8 Å². The maximum absolute atomic E-state index is 14.9. The average Bonchev–Trinajstić information content (AvgIpc) is 2.93. The van der Waals surface area contributed by atoms with E-state index in [1.807, 2.05) is 13.0 Å². The third-order valence-corrected chi connectivity index (χ3v) is 8.42. The Balaban J connectivity index is 1.34. The molecule has 40 heavy (non-hydrogen) atoms. The third-order valence-electron chi connectivity index (χ3n) is 8.42. The first-order valence-corrected chi connectivity index (χ1v) is 14.3. The molecule has 4 rings (SSSR count). The van der Waals surface area contributed by atoms with Crippen LogP contribution in [0.15, 0.2) is 36.4 Å². The van der Waals surface area contributed by atoms with Gasteiger partial charge in [0, 0.05) is 12.0 Å². The van der Waals surface area contributed by atoms with E-state index in [0.29, 0.717) is 17.4 Å². The predicted molar refractivity (Wildman–Crippen MR) is 143 cm³/mol. The number of benzene rings is 2. The van der Waals surface area contributed by atoms with Gasteiger partial charge in [0.25, 0.3) is 5.92 Å². The van der Waals surface area contributed by atoms with Crippen molar-refractivity contribution in [3.63, 3.8) is 0 Å². The highest BCUT2D eigenvalue weighted by atomic mass is 19.3. The number of halogens is 6. The highest BCUT2D eigenvalue weighted by Crippen LogP contribution is 2.39. The van der Waals surface area contributed by atoms with Gasteiger partial charge in [-0.25, -0.2) is 17.6 Å². The highest BCUT2D eigenvalue weighted by molar-refractivity contribution is 5.36. The predicted octanol–water partition coefficient (Wildman–Crippen LogP) is 9.90. The summed E-state index contributed by atoms with van der Waals surface area (Å²) in [5.41, 5.74) is 0.175. The van der Waals surface area contributed by atoms with Gasteiger partial charge in [0.1, 0.15) is 6.61 Å². The molecule has 0 N–H and O–H groups in total. The molecule has 0 radical (unpaired) electrons. The normalized spacial score (nSPS) is 23.9. The first-order chi connectivity index (χ1) is 19.1. The second kappa shape index (κ2) is 13.3. The van der Waals surface area contributed by atoms with Gasteiger partial charge in [0.15, 0.2) is 29.7 Å². The highest BCUT2D eigenvalue weighted by Gasteiger charge is 2.35. The molecule has 0 saturated heterocycles. The molecule has 0 unspecified atom stereocenters. The lowest BCUT2D eigenvalue weighted by Crippen LogP contribution is -2.30. The minimum Gasteiger partial charge on any atom is -0.486 e. The molecule has 0 aliphatic heterocycles. The molecule has 2 aliphatic carbocycles. The summed E-state index contributed by atoms with van der Waals surface area (Å²) in [7, 11) is 0. The fourth-order valence-electron chi connectivity index (χ4n) is 6.02. The smallest absolute Gasteiger partial charge is 0.281 e. The lowest BCUT2D eigenvalue weighted by molar-refractivity contribution is -0.0647. The molecule has 2 aromatic rings. The molecular formula is C32H38F6O2. The molecule has 0 aromatic heterocycles. The van der Waals surface area contributed by atoms with Gasteiger partial charge < -0.3 is 9.47 Å². The van der Waals surface area contributed by atoms with Crippen LogP contribution in [0.1, 0.15) is 88.7 Å². The zero-order chi connectivity index (χ0) is 28.9. The number of hydrogen-bond acceptors (Lipinski definition) is 2. The van der Waals surface area contributed by atoms with Gasteiger partial charge in [-0.05, 0) is 86.8 Å². The summed E-state index contributed by atoms with van der Waals surface area (Å²) in [5.74, 6) is -8.56. The molecule has 2 aliphatic rings. The lowest BCUT2D eigenvalue weighted by atomic mass is 9.78. The Bertz CT molecular complexity index is 1160. The average molecular weight is 569 g/mol. The van der Waals surface area contributed by atoms with Gasteiger partial charge in [-0.2, -0.15) is 8.78 Å². The zero-order valence-electron chi connectivity index (χ0n) is 23.1. The van der Waals surface area contributed by atoms with Crippen molar-refractivity contribution in [1.29, 1.82) is 0 Å². The number of rotatable bonds is 10. The van der Waals surface area contributed by atoms with Crippen LogP contribution in [0, 0.1) is 41.0 Å². The monoisotopic (exact) mass is 568 g/mol. The van der Waals surface area contributed by atoms with E-state index in [2.05, 4.69) is 13.0 Å². The summed E-state index contributed by atoms with van der Waals surface area (Å²) in [6.45, 7) is 2.46. The molecule has 8 heteroatoms. The summed E-state index contributed by atoms with van der Waals surface area (Å²) in [6.07, 6.45) is 10.4. The molecule has 2 nitrogen and oxygen atoms in total.